The highest BCUT2D eigenvalue weighted by Gasteiger charge is 2.17. The van der Waals surface area contributed by atoms with Gasteiger partial charge < -0.3 is 15.1 Å². The highest BCUT2D eigenvalue weighted by Crippen LogP contribution is 2.07. The van der Waals surface area contributed by atoms with Crippen molar-refractivity contribution in [2.24, 2.45) is 0 Å². The van der Waals surface area contributed by atoms with Gasteiger partial charge in [0.05, 0.1) is 7.05 Å². The number of nitrogens with one attached hydrogen (secondary N) is 2. The number of quaternary nitrogens is 1. The van der Waals surface area contributed by atoms with Crippen LogP contribution in [0.25, 0.3) is 0 Å². The van der Waals surface area contributed by atoms with Crippen molar-refractivity contribution in [2.45, 2.75) is 20.0 Å². The first-order valence-corrected chi connectivity index (χ1v) is 9.07. The molecule has 2 N–H and O–H groups in total. The molecule has 1 atom stereocenters. The molecular weight excluding hydrogens is 345 g/mol. The van der Waals surface area contributed by atoms with E-state index < -0.39 is 0 Å². The SMILES string of the molecule is CCN(Cc1cccc(F)c1)C(=O)C[NH+](C)Cc1ccc(C(=O)NC)cc1. The van der Waals surface area contributed by atoms with Crippen LogP contribution in [0.5, 0.6) is 0 Å². The number of carbonyl (C=O) groups excluding carboxylic acids is 2. The van der Waals surface area contributed by atoms with E-state index >= 15 is 0 Å². The fourth-order valence-corrected chi connectivity index (χ4v) is 2.93. The lowest BCUT2D eigenvalue weighted by Gasteiger charge is -2.23. The quantitative estimate of drug-likeness (QED) is 0.733. The minimum absolute atomic E-state index is 0.0289. The Labute approximate surface area is 159 Å². The second-order valence-electron chi connectivity index (χ2n) is 6.62. The summed E-state index contributed by atoms with van der Waals surface area (Å²) in [4.78, 5) is 27.0. The normalized spacial score (nSPS) is 11.7. The van der Waals surface area contributed by atoms with Crippen LogP contribution in [0, 0.1) is 5.82 Å². The molecule has 27 heavy (non-hydrogen) atoms. The van der Waals surface area contributed by atoms with Crippen molar-refractivity contribution >= 4 is 11.8 Å². The van der Waals surface area contributed by atoms with E-state index in [1.807, 2.05) is 32.2 Å². The van der Waals surface area contributed by atoms with E-state index in [-0.39, 0.29) is 17.6 Å². The van der Waals surface area contributed by atoms with Gasteiger partial charge in [-0.05, 0) is 36.8 Å². The van der Waals surface area contributed by atoms with Crippen molar-refractivity contribution in [3.63, 3.8) is 0 Å². The summed E-state index contributed by atoms with van der Waals surface area (Å²) in [6.45, 7) is 3.92. The van der Waals surface area contributed by atoms with E-state index in [1.165, 1.54) is 12.1 Å². The molecule has 2 aromatic carbocycles. The Hall–Kier alpha value is -2.73. The standard InChI is InChI=1S/C21H26FN3O2/c1-4-25(14-17-6-5-7-19(22)12-17)20(26)15-24(3)13-16-8-10-18(11-9-16)21(27)23-2/h5-12H,4,13-15H2,1-3H3,(H,23,27)/p+1. The number of rotatable bonds is 8. The Morgan fingerprint density at radius 2 is 1.81 bits per heavy atom. The van der Waals surface area contributed by atoms with Crippen LogP contribution in [0.3, 0.4) is 0 Å². The van der Waals surface area contributed by atoms with Crippen LogP contribution in [-0.4, -0.2) is 43.9 Å². The fraction of sp³-hybridized carbons (Fsp3) is 0.333. The molecule has 0 fully saturated rings. The summed E-state index contributed by atoms with van der Waals surface area (Å²) < 4.78 is 13.3. The van der Waals surface area contributed by atoms with Crippen molar-refractivity contribution in [2.75, 3.05) is 27.2 Å². The van der Waals surface area contributed by atoms with Crippen molar-refractivity contribution in [1.29, 1.82) is 0 Å². The molecule has 0 bridgehead atoms. The summed E-state index contributed by atoms with van der Waals surface area (Å²) in [5.41, 5.74) is 2.45. The topological polar surface area (TPSA) is 53.9 Å². The molecular formula is C21H27FN3O2+. The molecule has 2 aromatic rings. The molecule has 0 saturated carbocycles. The highest BCUT2D eigenvalue weighted by atomic mass is 19.1. The van der Waals surface area contributed by atoms with Gasteiger partial charge in [0.25, 0.3) is 11.8 Å². The third kappa shape index (κ3) is 6.18. The van der Waals surface area contributed by atoms with Crippen LogP contribution in [-0.2, 0) is 17.9 Å². The van der Waals surface area contributed by atoms with Crippen LogP contribution < -0.4 is 10.2 Å². The number of halogens is 1. The lowest BCUT2D eigenvalue weighted by atomic mass is 10.1. The number of hydrogen-bond acceptors (Lipinski definition) is 2. The monoisotopic (exact) mass is 372 g/mol. The average Bonchev–Trinajstić information content (AvgIpc) is 2.66. The number of benzene rings is 2. The summed E-state index contributed by atoms with van der Waals surface area (Å²) >= 11 is 0. The van der Waals surface area contributed by atoms with Crippen molar-refractivity contribution in [1.82, 2.24) is 10.2 Å². The van der Waals surface area contributed by atoms with E-state index in [0.29, 0.717) is 31.7 Å². The van der Waals surface area contributed by atoms with E-state index in [4.69, 9.17) is 0 Å². The van der Waals surface area contributed by atoms with Crippen LogP contribution in [0.2, 0.25) is 0 Å². The Morgan fingerprint density at radius 3 is 2.41 bits per heavy atom. The largest absolute Gasteiger partial charge is 0.355 e. The second kappa shape index (κ2) is 9.83. The smallest absolute Gasteiger partial charge is 0.278 e. The molecule has 0 aliphatic carbocycles. The summed E-state index contributed by atoms with van der Waals surface area (Å²) in [6.07, 6.45) is 0. The maximum Gasteiger partial charge on any atom is 0.278 e. The highest BCUT2D eigenvalue weighted by molar-refractivity contribution is 5.93. The maximum atomic E-state index is 13.3. The van der Waals surface area contributed by atoms with E-state index in [2.05, 4.69) is 5.32 Å². The van der Waals surface area contributed by atoms with Gasteiger partial charge in [-0.2, -0.15) is 0 Å². The van der Waals surface area contributed by atoms with Gasteiger partial charge in [0.1, 0.15) is 12.4 Å². The van der Waals surface area contributed by atoms with Crippen LogP contribution in [0.4, 0.5) is 4.39 Å². The van der Waals surface area contributed by atoms with Gasteiger partial charge >= 0.3 is 0 Å². The molecule has 0 aromatic heterocycles. The molecule has 0 aliphatic rings. The summed E-state index contributed by atoms with van der Waals surface area (Å²) in [5, 5.41) is 2.59. The first kappa shape index (κ1) is 20.6. The van der Waals surface area contributed by atoms with Gasteiger partial charge in [-0.1, -0.05) is 24.3 Å². The number of carbonyl (C=O) groups is 2. The van der Waals surface area contributed by atoms with Crippen molar-refractivity contribution in [3.05, 3.63) is 71.0 Å². The molecule has 2 rings (SSSR count). The third-order valence-electron chi connectivity index (χ3n) is 4.40. The molecule has 144 valence electrons. The van der Waals surface area contributed by atoms with Gasteiger partial charge in [-0.3, -0.25) is 9.59 Å². The first-order chi connectivity index (χ1) is 12.9. The maximum absolute atomic E-state index is 13.3. The van der Waals surface area contributed by atoms with Crippen LogP contribution in [0.1, 0.15) is 28.4 Å². The zero-order chi connectivity index (χ0) is 19.8. The van der Waals surface area contributed by atoms with Crippen molar-refractivity contribution in [3.8, 4) is 0 Å². The van der Waals surface area contributed by atoms with Crippen LogP contribution in [0.15, 0.2) is 48.5 Å². The molecule has 0 saturated heterocycles. The molecule has 1 unspecified atom stereocenters. The zero-order valence-corrected chi connectivity index (χ0v) is 16.1. The van der Waals surface area contributed by atoms with Gasteiger partial charge in [-0.25, -0.2) is 4.39 Å². The minimum Gasteiger partial charge on any atom is -0.355 e. The molecule has 5 nitrogen and oxygen atoms in total. The molecule has 0 spiro atoms. The lowest BCUT2D eigenvalue weighted by Crippen LogP contribution is -3.08. The molecule has 6 heteroatoms. The van der Waals surface area contributed by atoms with Crippen molar-refractivity contribution < 1.29 is 18.9 Å². The zero-order valence-electron chi connectivity index (χ0n) is 16.1. The summed E-state index contributed by atoms with van der Waals surface area (Å²) in [5.74, 6) is -0.381. The molecule has 2 amide bonds. The Bertz CT molecular complexity index is 777. The molecule has 0 heterocycles. The third-order valence-corrected chi connectivity index (χ3v) is 4.40. The Kier molecular flexibility index (Phi) is 7.49. The molecule has 0 aliphatic heterocycles. The number of hydrogen-bond donors (Lipinski definition) is 2. The number of nitrogens with zero attached hydrogens (tertiary/aromatic N) is 1. The summed E-state index contributed by atoms with van der Waals surface area (Å²) in [6, 6.07) is 13.7. The van der Waals surface area contributed by atoms with E-state index in [9.17, 15) is 14.0 Å². The predicted octanol–water partition coefficient (Wildman–Crippen LogP) is 1.25. The number of likely N-dealkylation sites (N-methyl/N-ethyl adjacent to an activating group) is 2. The lowest BCUT2D eigenvalue weighted by molar-refractivity contribution is -0.885. The van der Waals surface area contributed by atoms with Gasteiger partial charge in [0, 0.05) is 31.3 Å². The minimum atomic E-state index is -0.293. The van der Waals surface area contributed by atoms with E-state index in [1.54, 1.807) is 30.1 Å². The van der Waals surface area contributed by atoms with Gasteiger partial charge in [-0.15, -0.1) is 0 Å². The van der Waals surface area contributed by atoms with Crippen LogP contribution >= 0.6 is 0 Å². The Balaban J connectivity index is 1.92. The Morgan fingerprint density at radius 1 is 1.11 bits per heavy atom. The fourth-order valence-electron chi connectivity index (χ4n) is 2.93. The average molecular weight is 372 g/mol. The predicted molar refractivity (Wildman–Crippen MR) is 103 cm³/mol. The number of amides is 2. The van der Waals surface area contributed by atoms with E-state index in [0.717, 1.165) is 16.0 Å². The van der Waals surface area contributed by atoms with Gasteiger partial charge in [0.15, 0.2) is 6.54 Å². The first-order valence-electron chi connectivity index (χ1n) is 9.07. The van der Waals surface area contributed by atoms with Gasteiger partial charge in [0.2, 0.25) is 0 Å². The molecule has 0 radical (unpaired) electrons. The summed E-state index contributed by atoms with van der Waals surface area (Å²) in [7, 11) is 3.56. The second-order valence-corrected chi connectivity index (χ2v) is 6.62.